The van der Waals surface area contributed by atoms with Gasteiger partial charge in [0, 0.05) is 43.4 Å². The highest BCUT2D eigenvalue weighted by Gasteiger charge is 2.11. The monoisotopic (exact) mass is 228 g/mol. The molecule has 1 aliphatic rings. The van der Waals surface area contributed by atoms with Crippen molar-refractivity contribution in [1.82, 2.24) is 10.3 Å². The number of nitrogens with one attached hydrogen (secondary N) is 1. The summed E-state index contributed by atoms with van der Waals surface area (Å²) in [5.74, 6) is 0.611. The van der Waals surface area contributed by atoms with E-state index in [2.05, 4.69) is 33.4 Å². The Bertz CT molecular complexity index is 532. The van der Waals surface area contributed by atoms with Crippen molar-refractivity contribution in [1.29, 1.82) is 0 Å². The summed E-state index contributed by atoms with van der Waals surface area (Å²) in [6, 6.07) is 8.41. The molecule has 0 radical (unpaired) electrons. The van der Waals surface area contributed by atoms with Gasteiger partial charge in [0.15, 0.2) is 0 Å². The van der Waals surface area contributed by atoms with Gasteiger partial charge >= 0.3 is 0 Å². The van der Waals surface area contributed by atoms with Crippen LogP contribution < -0.4 is 16.0 Å². The molecule has 1 saturated heterocycles. The molecule has 0 spiro atoms. The summed E-state index contributed by atoms with van der Waals surface area (Å²) in [7, 11) is 0. The lowest BCUT2D eigenvalue weighted by Crippen LogP contribution is -2.43. The SMILES string of the molecule is Nc1nccc2ccc(N3CCNCC3)cc12. The summed E-state index contributed by atoms with van der Waals surface area (Å²) >= 11 is 0. The van der Waals surface area contributed by atoms with Crippen LogP contribution >= 0.6 is 0 Å². The zero-order valence-electron chi connectivity index (χ0n) is 9.69. The van der Waals surface area contributed by atoms with Crippen LogP contribution in [0.25, 0.3) is 10.8 Å². The van der Waals surface area contributed by atoms with E-state index in [1.54, 1.807) is 6.20 Å². The molecule has 0 amide bonds. The number of hydrogen-bond donors (Lipinski definition) is 2. The molecule has 1 aromatic heterocycles. The van der Waals surface area contributed by atoms with Gasteiger partial charge in [-0.15, -0.1) is 0 Å². The molecule has 0 saturated carbocycles. The Morgan fingerprint density at radius 2 is 2.00 bits per heavy atom. The van der Waals surface area contributed by atoms with Gasteiger partial charge in [-0.25, -0.2) is 4.98 Å². The van der Waals surface area contributed by atoms with Gasteiger partial charge in [0.1, 0.15) is 5.82 Å². The van der Waals surface area contributed by atoms with Gasteiger partial charge in [-0.3, -0.25) is 0 Å². The third kappa shape index (κ3) is 1.91. The van der Waals surface area contributed by atoms with E-state index in [-0.39, 0.29) is 0 Å². The minimum absolute atomic E-state index is 0.611. The number of nitrogens with two attached hydrogens (primary N) is 1. The Balaban J connectivity index is 2.03. The predicted molar refractivity (Wildman–Crippen MR) is 71.2 cm³/mol. The molecule has 88 valence electrons. The summed E-state index contributed by atoms with van der Waals surface area (Å²) in [6.07, 6.45) is 1.75. The average molecular weight is 228 g/mol. The van der Waals surface area contributed by atoms with Gasteiger partial charge in [0.05, 0.1) is 0 Å². The number of hydrogen-bond acceptors (Lipinski definition) is 4. The molecular weight excluding hydrogens is 212 g/mol. The molecule has 2 aromatic rings. The summed E-state index contributed by atoms with van der Waals surface area (Å²) in [6.45, 7) is 4.18. The molecule has 1 aromatic carbocycles. The summed E-state index contributed by atoms with van der Waals surface area (Å²) in [5, 5.41) is 5.55. The van der Waals surface area contributed by atoms with Crippen LogP contribution in [-0.4, -0.2) is 31.2 Å². The molecule has 2 heterocycles. The lowest BCUT2D eigenvalue weighted by Gasteiger charge is -2.29. The van der Waals surface area contributed by atoms with Gasteiger partial charge in [-0.05, 0) is 23.6 Å². The van der Waals surface area contributed by atoms with Crippen molar-refractivity contribution in [3.8, 4) is 0 Å². The van der Waals surface area contributed by atoms with E-state index < -0.39 is 0 Å². The molecule has 0 unspecified atom stereocenters. The molecule has 0 atom stereocenters. The molecule has 3 N–H and O–H groups in total. The lowest BCUT2D eigenvalue weighted by molar-refractivity contribution is 0.589. The second-order valence-electron chi connectivity index (χ2n) is 4.34. The van der Waals surface area contributed by atoms with Crippen molar-refractivity contribution in [3.63, 3.8) is 0 Å². The van der Waals surface area contributed by atoms with Gasteiger partial charge in [-0.1, -0.05) is 6.07 Å². The molecular formula is C13H16N4. The van der Waals surface area contributed by atoms with Crippen molar-refractivity contribution < 1.29 is 0 Å². The van der Waals surface area contributed by atoms with Crippen LogP contribution in [0.5, 0.6) is 0 Å². The van der Waals surface area contributed by atoms with Crippen molar-refractivity contribution in [3.05, 3.63) is 30.5 Å². The minimum Gasteiger partial charge on any atom is -0.383 e. The third-order valence-electron chi connectivity index (χ3n) is 3.26. The zero-order valence-corrected chi connectivity index (χ0v) is 9.69. The fourth-order valence-corrected chi connectivity index (χ4v) is 2.30. The first kappa shape index (κ1) is 10.4. The van der Waals surface area contributed by atoms with Crippen LogP contribution in [0.3, 0.4) is 0 Å². The maximum absolute atomic E-state index is 5.91. The fourth-order valence-electron chi connectivity index (χ4n) is 2.30. The lowest BCUT2D eigenvalue weighted by atomic mass is 10.1. The van der Waals surface area contributed by atoms with Crippen LogP contribution in [0, 0.1) is 0 Å². The van der Waals surface area contributed by atoms with E-state index in [0.29, 0.717) is 5.82 Å². The quantitative estimate of drug-likeness (QED) is 0.770. The normalized spacial score (nSPS) is 16.4. The first-order chi connectivity index (χ1) is 8.34. The molecule has 4 nitrogen and oxygen atoms in total. The standard InChI is InChI=1S/C13H16N4/c14-13-12-9-11(17-7-5-15-6-8-17)2-1-10(12)3-4-16-13/h1-4,9,15H,5-8H2,(H2,14,16). The van der Waals surface area contributed by atoms with Crippen LogP contribution in [-0.2, 0) is 0 Å². The van der Waals surface area contributed by atoms with Gasteiger partial charge < -0.3 is 16.0 Å². The maximum atomic E-state index is 5.91. The van der Waals surface area contributed by atoms with E-state index in [4.69, 9.17) is 5.73 Å². The molecule has 1 aliphatic heterocycles. The number of piperazine rings is 1. The van der Waals surface area contributed by atoms with Gasteiger partial charge in [-0.2, -0.15) is 0 Å². The number of anilines is 2. The molecule has 0 bridgehead atoms. The number of rotatable bonds is 1. The molecule has 3 rings (SSSR count). The Labute approximate surface area is 100 Å². The van der Waals surface area contributed by atoms with E-state index >= 15 is 0 Å². The molecule has 1 fully saturated rings. The summed E-state index contributed by atoms with van der Waals surface area (Å²) in [5.41, 5.74) is 7.15. The second kappa shape index (κ2) is 4.22. The number of nitrogen functional groups attached to an aromatic ring is 1. The third-order valence-corrected chi connectivity index (χ3v) is 3.26. The molecule has 4 heteroatoms. The summed E-state index contributed by atoms with van der Waals surface area (Å²) in [4.78, 5) is 6.52. The largest absolute Gasteiger partial charge is 0.383 e. The Hall–Kier alpha value is -1.81. The first-order valence-corrected chi connectivity index (χ1v) is 5.94. The molecule has 17 heavy (non-hydrogen) atoms. The fraction of sp³-hybridized carbons (Fsp3) is 0.308. The number of nitrogens with zero attached hydrogens (tertiary/aromatic N) is 2. The average Bonchev–Trinajstić information content (AvgIpc) is 2.40. The first-order valence-electron chi connectivity index (χ1n) is 5.94. The minimum atomic E-state index is 0.611. The smallest absolute Gasteiger partial charge is 0.131 e. The second-order valence-corrected chi connectivity index (χ2v) is 4.34. The van der Waals surface area contributed by atoms with Crippen molar-refractivity contribution in [2.24, 2.45) is 0 Å². The highest BCUT2D eigenvalue weighted by Crippen LogP contribution is 2.25. The number of fused-ring (bicyclic) bond motifs is 1. The highest BCUT2D eigenvalue weighted by molar-refractivity contribution is 5.93. The molecule has 0 aliphatic carbocycles. The highest BCUT2D eigenvalue weighted by atomic mass is 15.2. The van der Waals surface area contributed by atoms with Gasteiger partial charge in [0.2, 0.25) is 0 Å². The van der Waals surface area contributed by atoms with E-state index in [0.717, 1.165) is 37.0 Å². The summed E-state index contributed by atoms with van der Waals surface area (Å²) < 4.78 is 0. The Morgan fingerprint density at radius 3 is 2.82 bits per heavy atom. The van der Waals surface area contributed by atoms with E-state index in [1.165, 1.54) is 5.69 Å². The van der Waals surface area contributed by atoms with Crippen LogP contribution in [0.1, 0.15) is 0 Å². The topological polar surface area (TPSA) is 54.2 Å². The number of benzene rings is 1. The number of aromatic nitrogens is 1. The van der Waals surface area contributed by atoms with Gasteiger partial charge in [0.25, 0.3) is 0 Å². The van der Waals surface area contributed by atoms with Crippen LogP contribution in [0.4, 0.5) is 11.5 Å². The Kier molecular flexibility index (Phi) is 2.57. The van der Waals surface area contributed by atoms with E-state index in [9.17, 15) is 0 Å². The van der Waals surface area contributed by atoms with Crippen LogP contribution in [0.15, 0.2) is 30.5 Å². The van der Waals surface area contributed by atoms with E-state index in [1.807, 2.05) is 6.07 Å². The maximum Gasteiger partial charge on any atom is 0.131 e. The van der Waals surface area contributed by atoms with Crippen molar-refractivity contribution in [2.75, 3.05) is 36.8 Å². The Morgan fingerprint density at radius 1 is 1.18 bits per heavy atom. The number of pyridine rings is 1. The van der Waals surface area contributed by atoms with Crippen molar-refractivity contribution >= 4 is 22.3 Å². The zero-order chi connectivity index (χ0) is 11.7. The van der Waals surface area contributed by atoms with Crippen LogP contribution in [0.2, 0.25) is 0 Å². The predicted octanol–water partition coefficient (Wildman–Crippen LogP) is 1.23. The van der Waals surface area contributed by atoms with Crippen molar-refractivity contribution in [2.45, 2.75) is 0 Å².